The van der Waals surface area contributed by atoms with E-state index in [2.05, 4.69) is 9.88 Å². The molecular weight excluding hydrogens is 254 g/mol. The molecule has 1 fully saturated rings. The van der Waals surface area contributed by atoms with E-state index in [1.165, 1.54) is 6.42 Å². The average Bonchev–Trinajstić information content (AvgIpc) is 2.35. The summed E-state index contributed by atoms with van der Waals surface area (Å²) in [6.45, 7) is 0.339. The first-order chi connectivity index (χ1) is 8.53. The molecule has 1 aliphatic carbocycles. The minimum absolute atomic E-state index is 0.126. The van der Waals surface area contributed by atoms with Crippen LogP contribution < -0.4 is 10.5 Å². The molecule has 18 heavy (non-hydrogen) atoms. The maximum atomic E-state index is 11.8. The predicted octanol–water partition coefficient (Wildman–Crippen LogP) is 1.01. The monoisotopic (exact) mass is 277 g/mol. The Morgan fingerprint density at radius 2 is 2.00 bits per heavy atom. The largest absolute Gasteiger partial charge is 0.409 e. The van der Waals surface area contributed by atoms with Crippen molar-refractivity contribution in [1.29, 1.82) is 0 Å². The molecule has 0 spiro atoms. The Morgan fingerprint density at radius 1 is 1.33 bits per heavy atom. The van der Waals surface area contributed by atoms with E-state index in [9.17, 15) is 8.42 Å². The van der Waals surface area contributed by atoms with Gasteiger partial charge in [0.1, 0.15) is 5.84 Å². The first kappa shape index (κ1) is 15.2. The van der Waals surface area contributed by atoms with Crippen LogP contribution in [0.25, 0.3) is 0 Å². The molecule has 0 atom stereocenters. The van der Waals surface area contributed by atoms with Crippen LogP contribution in [0.15, 0.2) is 5.16 Å². The fourth-order valence-corrected chi connectivity index (χ4v) is 3.80. The lowest BCUT2D eigenvalue weighted by molar-refractivity contribution is 0.316. The number of nitrogens with one attached hydrogen (secondary N) is 1. The highest BCUT2D eigenvalue weighted by molar-refractivity contribution is 7.89. The van der Waals surface area contributed by atoms with Crippen LogP contribution in [0, 0.1) is 5.92 Å². The van der Waals surface area contributed by atoms with Crippen LogP contribution in [0.3, 0.4) is 0 Å². The third-order valence-electron chi connectivity index (χ3n) is 3.24. The molecule has 0 amide bonds. The van der Waals surface area contributed by atoms with Crippen molar-refractivity contribution in [1.82, 2.24) is 4.72 Å². The van der Waals surface area contributed by atoms with E-state index in [4.69, 9.17) is 10.9 Å². The number of nitrogens with zero attached hydrogens (tertiary/aromatic N) is 1. The molecule has 0 aromatic carbocycles. The second-order valence-corrected chi connectivity index (χ2v) is 6.73. The predicted molar refractivity (Wildman–Crippen MR) is 71.0 cm³/mol. The number of hydrogen-bond donors (Lipinski definition) is 3. The van der Waals surface area contributed by atoms with Crippen LogP contribution in [-0.4, -0.2) is 31.8 Å². The number of rotatable bonds is 7. The second kappa shape index (κ2) is 7.58. The zero-order valence-corrected chi connectivity index (χ0v) is 11.5. The lowest BCUT2D eigenvalue weighted by atomic mass is 9.91. The molecule has 106 valence electrons. The fourth-order valence-electron chi connectivity index (χ4n) is 2.27. The van der Waals surface area contributed by atoms with Crippen LogP contribution >= 0.6 is 0 Å². The summed E-state index contributed by atoms with van der Waals surface area (Å²) in [7, 11) is -3.18. The van der Waals surface area contributed by atoms with Gasteiger partial charge in [-0.05, 0) is 25.2 Å². The normalized spacial score (nSPS) is 19.0. The van der Waals surface area contributed by atoms with E-state index in [0.29, 0.717) is 25.3 Å². The van der Waals surface area contributed by atoms with Gasteiger partial charge in [-0.3, -0.25) is 0 Å². The van der Waals surface area contributed by atoms with Crippen molar-refractivity contribution in [3.63, 3.8) is 0 Å². The summed E-state index contributed by atoms with van der Waals surface area (Å²) in [5.74, 6) is 0.665. The van der Waals surface area contributed by atoms with Gasteiger partial charge >= 0.3 is 0 Å². The lowest BCUT2D eigenvalue weighted by Crippen LogP contribution is -2.31. The number of sulfonamides is 1. The van der Waals surface area contributed by atoms with Crippen molar-refractivity contribution in [2.75, 3.05) is 12.3 Å². The van der Waals surface area contributed by atoms with Gasteiger partial charge in [-0.15, -0.1) is 0 Å². The highest BCUT2D eigenvalue weighted by Crippen LogP contribution is 2.24. The zero-order valence-electron chi connectivity index (χ0n) is 10.6. The smallest absolute Gasteiger partial charge is 0.211 e. The number of hydrogen-bond acceptors (Lipinski definition) is 4. The molecule has 4 N–H and O–H groups in total. The molecule has 0 bridgehead atoms. The number of nitrogens with two attached hydrogens (primary N) is 1. The van der Waals surface area contributed by atoms with Gasteiger partial charge in [0, 0.05) is 13.0 Å². The highest BCUT2D eigenvalue weighted by atomic mass is 32.2. The van der Waals surface area contributed by atoms with Gasteiger partial charge in [-0.1, -0.05) is 24.4 Å². The summed E-state index contributed by atoms with van der Waals surface area (Å²) in [5.41, 5.74) is 5.29. The Kier molecular flexibility index (Phi) is 6.42. The van der Waals surface area contributed by atoms with Crippen LogP contribution in [-0.2, 0) is 10.0 Å². The number of amidine groups is 1. The average molecular weight is 277 g/mol. The molecule has 0 heterocycles. The van der Waals surface area contributed by atoms with Crippen molar-refractivity contribution in [3.05, 3.63) is 0 Å². The quantitative estimate of drug-likeness (QED) is 0.212. The molecule has 7 heteroatoms. The molecule has 0 aromatic rings. The van der Waals surface area contributed by atoms with Crippen LogP contribution in [0.4, 0.5) is 0 Å². The van der Waals surface area contributed by atoms with E-state index in [1.807, 2.05) is 0 Å². The summed E-state index contributed by atoms with van der Waals surface area (Å²) in [4.78, 5) is 0. The van der Waals surface area contributed by atoms with Gasteiger partial charge in [0.05, 0.1) is 5.75 Å². The van der Waals surface area contributed by atoms with Gasteiger partial charge in [0.15, 0.2) is 0 Å². The first-order valence-corrected chi connectivity index (χ1v) is 8.12. The van der Waals surface area contributed by atoms with Crippen LogP contribution in [0.5, 0.6) is 0 Å². The van der Waals surface area contributed by atoms with Crippen LogP contribution in [0.1, 0.15) is 44.9 Å². The summed E-state index contributed by atoms with van der Waals surface area (Å²) in [6, 6.07) is 0. The number of oxime groups is 1. The molecular formula is C11H23N3O3S. The maximum Gasteiger partial charge on any atom is 0.211 e. The molecule has 6 nitrogen and oxygen atoms in total. The summed E-state index contributed by atoms with van der Waals surface area (Å²) in [5, 5.41) is 11.2. The van der Waals surface area contributed by atoms with Gasteiger partial charge < -0.3 is 10.9 Å². The Labute approximate surface area is 109 Å². The second-order valence-electron chi connectivity index (χ2n) is 4.87. The summed E-state index contributed by atoms with van der Waals surface area (Å²) >= 11 is 0. The third-order valence-corrected chi connectivity index (χ3v) is 4.79. The highest BCUT2D eigenvalue weighted by Gasteiger charge is 2.20. The van der Waals surface area contributed by atoms with E-state index >= 15 is 0 Å². The Hall–Kier alpha value is -0.820. The first-order valence-electron chi connectivity index (χ1n) is 6.47. The maximum absolute atomic E-state index is 11.8. The lowest BCUT2D eigenvalue weighted by Gasteiger charge is -2.21. The van der Waals surface area contributed by atoms with Gasteiger partial charge in [0.25, 0.3) is 0 Å². The zero-order chi connectivity index (χ0) is 13.4. The van der Waals surface area contributed by atoms with Gasteiger partial charge in [-0.25, -0.2) is 13.1 Å². The minimum Gasteiger partial charge on any atom is -0.409 e. The van der Waals surface area contributed by atoms with E-state index in [0.717, 1.165) is 25.7 Å². The Bertz CT molecular complexity index is 362. The van der Waals surface area contributed by atoms with E-state index < -0.39 is 10.0 Å². The van der Waals surface area contributed by atoms with E-state index in [-0.39, 0.29) is 11.6 Å². The minimum atomic E-state index is -3.18. The fraction of sp³-hybridized carbons (Fsp3) is 0.909. The van der Waals surface area contributed by atoms with E-state index in [1.54, 1.807) is 0 Å². The molecule has 1 rings (SSSR count). The standard InChI is InChI=1S/C11H23N3O3S/c12-11(14-15)7-4-8-13-18(16,17)9-10-5-2-1-3-6-10/h10,13,15H,1-9H2,(H2,12,14). The van der Waals surface area contributed by atoms with Crippen molar-refractivity contribution in [2.45, 2.75) is 44.9 Å². The van der Waals surface area contributed by atoms with Gasteiger partial charge in [-0.2, -0.15) is 0 Å². The molecule has 0 aromatic heterocycles. The van der Waals surface area contributed by atoms with Crippen LogP contribution in [0.2, 0.25) is 0 Å². The third kappa shape index (κ3) is 6.20. The molecule has 1 aliphatic rings. The molecule has 0 radical (unpaired) electrons. The topological polar surface area (TPSA) is 105 Å². The van der Waals surface area contributed by atoms with Crippen molar-refractivity contribution in [2.24, 2.45) is 16.8 Å². The molecule has 0 aliphatic heterocycles. The summed E-state index contributed by atoms with van der Waals surface area (Å²) in [6.07, 6.45) is 6.48. The molecule has 0 unspecified atom stereocenters. The SMILES string of the molecule is N/C(CCCNS(=O)(=O)CC1CCCCC1)=N/O. The Balaban J connectivity index is 2.22. The summed E-state index contributed by atoms with van der Waals surface area (Å²) < 4.78 is 26.1. The van der Waals surface area contributed by atoms with Crippen molar-refractivity contribution in [3.8, 4) is 0 Å². The van der Waals surface area contributed by atoms with Crippen molar-refractivity contribution < 1.29 is 13.6 Å². The van der Waals surface area contributed by atoms with Crippen molar-refractivity contribution >= 4 is 15.9 Å². The molecule has 0 saturated heterocycles. The van der Waals surface area contributed by atoms with Gasteiger partial charge in [0.2, 0.25) is 10.0 Å². The Morgan fingerprint density at radius 3 is 2.61 bits per heavy atom. The molecule has 1 saturated carbocycles.